The summed E-state index contributed by atoms with van der Waals surface area (Å²) in [7, 11) is 0. The Bertz CT molecular complexity index is 785. The van der Waals surface area contributed by atoms with Crippen molar-refractivity contribution in [2.75, 3.05) is 0 Å². The van der Waals surface area contributed by atoms with Gasteiger partial charge in [-0.05, 0) is 82.6 Å². The van der Waals surface area contributed by atoms with Gasteiger partial charge in [-0.1, -0.05) is 128 Å². The number of ether oxygens (including phenoxy) is 1. The summed E-state index contributed by atoms with van der Waals surface area (Å²) in [4.78, 5) is 14.3. The first kappa shape index (κ1) is 35.0. The largest absolute Gasteiger partial charge is 0.429 e. The van der Waals surface area contributed by atoms with Gasteiger partial charge in [0.05, 0.1) is 5.60 Å². The Morgan fingerprint density at radius 2 is 0.721 bits per heavy atom. The molecule has 0 heterocycles. The topological polar surface area (TPSA) is 66.8 Å². The molecule has 4 aliphatic carbocycles. The zero-order valence-corrected chi connectivity index (χ0v) is 28.3. The highest BCUT2D eigenvalue weighted by Crippen LogP contribution is 2.47. The molecule has 0 bridgehead atoms. The van der Waals surface area contributed by atoms with Crippen LogP contribution in [0.5, 0.6) is 0 Å². The maximum Gasteiger partial charge on any atom is 0.336 e. The average molecular weight is 601 g/mol. The molecule has 4 nitrogen and oxygen atoms in total. The Labute approximate surface area is 265 Å². The summed E-state index contributed by atoms with van der Waals surface area (Å²) in [6.45, 7) is 3.93. The van der Waals surface area contributed by atoms with Crippen molar-refractivity contribution in [1.82, 2.24) is 0 Å². The molecule has 4 rings (SSSR count). The van der Waals surface area contributed by atoms with Gasteiger partial charge in [0, 0.05) is 17.4 Å². The summed E-state index contributed by atoms with van der Waals surface area (Å²) in [5.41, 5.74) is 0.421. The fourth-order valence-electron chi connectivity index (χ4n) is 9.66. The molecule has 0 aromatic heterocycles. The molecule has 0 saturated heterocycles. The van der Waals surface area contributed by atoms with Crippen LogP contribution in [0, 0.1) is 23.7 Å². The van der Waals surface area contributed by atoms with Crippen molar-refractivity contribution >= 4 is 5.97 Å². The van der Waals surface area contributed by atoms with E-state index < -0.39 is 11.4 Å². The van der Waals surface area contributed by atoms with Crippen molar-refractivity contribution in [2.45, 2.75) is 205 Å². The zero-order valence-electron chi connectivity index (χ0n) is 28.3. The van der Waals surface area contributed by atoms with Crippen molar-refractivity contribution in [3.05, 3.63) is 11.1 Å². The summed E-state index contributed by atoms with van der Waals surface area (Å²) in [6.07, 6.45) is 32.0. The lowest BCUT2D eigenvalue weighted by Gasteiger charge is -2.46. The van der Waals surface area contributed by atoms with E-state index in [-0.39, 0.29) is 29.6 Å². The molecule has 43 heavy (non-hydrogen) atoms. The summed E-state index contributed by atoms with van der Waals surface area (Å²) in [6, 6.07) is 0. The highest BCUT2D eigenvalue weighted by Gasteiger charge is 2.49. The number of carbonyl (C=O) groups is 1. The molecule has 0 aromatic rings. The molecule has 2 N–H and O–H groups in total. The van der Waals surface area contributed by atoms with E-state index in [0.717, 1.165) is 82.6 Å². The Morgan fingerprint density at radius 3 is 1.02 bits per heavy atom. The van der Waals surface area contributed by atoms with Gasteiger partial charge in [0.25, 0.3) is 0 Å². The highest BCUT2D eigenvalue weighted by atomic mass is 16.7. The summed E-state index contributed by atoms with van der Waals surface area (Å²) < 4.78 is 6.50. The zero-order chi connectivity index (χ0) is 30.5. The van der Waals surface area contributed by atoms with E-state index in [2.05, 4.69) is 0 Å². The Hall–Kier alpha value is -0.870. The Morgan fingerprint density at radius 1 is 0.465 bits per heavy atom. The normalized spacial score (nSPS) is 25.5. The third-order valence-corrected chi connectivity index (χ3v) is 12.6. The van der Waals surface area contributed by atoms with E-state index in [0.29, 0.717) is 5.57 Å². The molecule has 4 heteroatoms. The molecule has 248 valence electrons. The number of rotatable bonds is 7. The van der Waals surface area contributed by atoms with Gasteiger partial charge in [0.15, 0.2) is 0 Å². The van der Waals surface area contributed by atoms with Crippen LogP contribution < -0.4 is 0 Å². The second kappa shape index (κ2) is 17.7. The van der Waals surface area contributed by atoms with Gasteiger partial charge in [-0.2, -0.15) is 0 Å². The van der Waals surface area contributed by atoms with Gasteiger partial charge in [0.1, 0.15) is 0 Å². The maximum atomic E-state index is 14.3. The first-order valence-corrected chi connectivity index (χ1v) is 19.2. The standard InChI is InChI=1S/C39H68O4/c1-31(32(2)38(41,33-23-15-7-3-8-16-24-33)34-25-17-9-4-10-18-26-34)37(40)43-39(42,35-27-19-11-5-12-20-28-35)36-29-21-13-6-14-22-30-36/h33-36,41-42H,3-30H2,1-2H3. The van der Waals surface area contributed by atoms with Crippen LogP contribution in [0.15, 0.2) is 11.1 Å². The fourth-order valence-corrected chi connectivity index (χ4v) is 9.66. The molecule has 0 aromatic carbocycles. The fraction of sp³-hybridized carbons (Fsp3) is 0.923. The SMILES string of the molecule is CC(C(=O)OC(O)(C1CCCCCCC1)C1CCCCCCC1)=C(C)C(O)(C1CCCCCCC1)C1CCCCCCC1. The quantitative estimate of drug-likeness (QED) is 0.173. The van der Waals surface area contributed by atoms with Crippen molar-refractivity contribution in [3.63, 3.8) is 0 Å². The van der Waals surface area contributed by atoms with Crippen molar-refractivity contribution < 1.29 is 19.7 Å². The highest BCUT2D eigenvalue weighted by molar-refractivity contribution is 5.89. The molecule has 0 spiro atoms. The van der Waals surface area contributed by atoms with Crippen molar-refractivity contribution in [2.24, 2.45) is 23.7 Å². The number of hydrogen-bond donors (Lipinski definition) is 2. The van der Waals surface area contributed by atoms with E-state index in [1.807, 2.05) is 13.8 Å². The minimum atomic E-state index is -1.41. The van der Waals surface area contributed by atoms with Gasteiger partial charge in [-0.15, -0.1) is 0 Å². The molecule has 4 fully saturated rings. The molecule has 0 atom stereocenters. The lowest BCUT2D eigenvalue weighted by molar-refractivity contribution is -0.260. The number of aliphatic hydroxyl groups is 2. The minimum absolute atomic E-state index is 0.00406. The number of esters is 1. The van der Waals surface area contributed by atoms with Gasteiger partial charge in [-0.25, -0.2) is 4.79 Å². The average Bonchev–Trinajstić information content (AvgIpc) is 2.91. The van der Waals surface area contributed by atoms with E-state index in [1.54, 1.807) is 0 Å². The molecular formula is C39H68O4. The molecule has 4 saturated carbocycles. The minimum Gasteiger partial charge on any atom is -0.429 e. The molecule has 0 amide bonds. The van der Waals surface area contributed by atoms with Crippen LogP contribution in [-0.2, 0) is 9.53 Å². The van der Waals surface area contributed by atoms with Crippen molar-refractivity contribution in [1.29, 1.82) is 0 Å². The number of carbonyl (C=O) groups excluding carboxylic acids is 1. The van der Waals surface area contributed by atoms with E-state index in [1.165, 1.54) is 103 Å². The van der Waals surface area contributed by atoms with Gasteiger partial charge >= 0.3 is 5.97 Å². The van der Waals surface area contributed by atoms with Crippen LogP contribution in [0.4, 0.5) is 0 Å². The number of hydrogen-bond acceptors (Lipinski definition) is 4. The third kappa shape index (κ3) is 9.34. The summed E-state index contributed by atoms with van der Waals surface area (Å²) >= 11 is 0. The van der Waals surface area contributed by atoms with Crippen molar-refractivity contribution in [3.8, 4) is 0 Å². The summed E-state index contributed by atoms with van der Waals surface area (Å²) in [5, 5.41) is 25.6. The second-order valence-corrected chi connectivity index (χ2v) is 15.4. The van der Waals surface area contributed by atoms with Gasteiger partial charge < -0.3 is 14.9 Å². The molecule has 0 unspecified atom stereocenters. The molecule has 0 aliphatic heterocycles. The van der Waals surface area contributed by atoms with Gasteiger partial charge in [-0.3, -0.25) is 0 Å². The first-order valence-electron chi connectivity index (χ1n) is 19.2. The second-order valence-electron chi connectivity index (χ2n) is 15.4. The molecule has 0 radical (unpaired) electrons. The van der Waals surface area contributed by atoms with Crippen LogP contribution in [0.1, 0.15) is 194 Å². The van der Waals surface area contributed by atoms with E-state index >= 15 is 0 Å². The monoisotopic (exact) mass is 601 g/mol. The smallest absolute Gasteiger partial charge is 0.336 e. The molecule has 4 aliphatic rings. The van der Waals surface area contributed by atoms with Crippen LogP contribution in [0.25, 0.3) is 0 Å². The maximum absolute atomic E-state index is 14.3. The third-order valence-electron chi connectivity index (χ3n) is 12.6. The van der Waals surface area contributed by atoms with Crippen LogP contribution in [-0.4, -0.2) is 27.6 Å². The van der Waals surface area contributed by atoms with E-state index in [9.17, 15) is 15.0 Å². The van der Waals surface area contributed by atoms with Crippen LogP contribution in [0.3, 0.4) is 0 Å². The predicted octanol–water partition coefficient (Wildman–Crippen LogP) is 10.7. The first-order chi connectivity index (χ1) is 20.9. The van der Waals surface area contributed by atoms with Gasteiger partial charge in [0.2, 0.25) is 5.79 Å². The Kier molecular flexibility index (Phi) is 14.4. The molecular weight excluding hydrogens is 532 g/mol. The van der Waals surface area contributed by atoms with Crippen LogP contribution >= 0.6 is 0 Å². The van der Waals surface area contributed by atoms with Crippen LogP contribution in [0.2, 0.25) is 0 Å². The lowest BCUT2D eigenvalue weighted by Crippen LogP contribution is -2.51. The Balaban J connectivity index is 1.66. The van der Waals surface area contributed by atoms with E-state index in [4.69, 9.17) is 4.74 Å². The predicted molar refractivity (Wildman–Crippen MR) is 178 cm³/mol. The lowest BCUT2D eigenvalue weighted by atomic mass is 9.64. The summed E-state index contributed by atoms with van der Waals surface area (Å²) in [5.74, 6) is -1.40.